The standard InChI is InChI=1S/C12H16Cl2N2S/c13-10-6-9(7-11(14)12(10)15)8-16-2-1-4-17-5-3-16/h6-7H,1-5,8,15H2. The number of rotatable bonds is 2. The molecule has 1 aliphatic heterocycles. The van der Waals surface area contributed by atoms with Crippen LogP contribution in [-0.2, 0) is 6.54 Å². The zero-order valence-corrected chi connectivity index (χ0v) is 11.9. The van der Waals surface area contributed by atoms with E-state index in [1.165, 1.54) is 17.9 Å². The highest BCUT2D eigenvalue weighted by molar-refractivity contribution is 7.99. The SMILES string of the molecule is Nc1c(Cl)cc(CN2CCCSCC2)cc1Cl. The number of anilines is 1. The second kappa shape index (κ2) is 6.19. The monoisotopic (exact) mass is 290 g/mol. The Hall–Kier alpha value is -0.0900. The summed E-state index contributed by atoms with van der Waals surface area (Å²) < 4.78 is 0. The molecule has 0 unspecified atom stereocenters. The Bertz CT molecular complexity index is 367. The Labute approximate surface area is 116 Å². The largest absolute Gasteiger partial charge is 0.396 e. The second-order valence-electron chi connectivity index (χ2n) is 4.22. The lowest BCUT2D eigenvalue weighted by atomic mass is 10.2. The van der Waals surface area contributed by atoms with Gasteiger partial charge in [-0.1, -0.05) is 23.2 Å². The van der Waals surface area contributed by atoms with E-state index in [-0.39, 0.29) is 0 Å². The number of nitrogen functional groups attached to an aromatic ring is 1. The number of halogens is 2. The fourth-order valence-corrected chi connectivity index (χ4v) is 3.40. The van der Waals surface area contributed by atoms with Crippen LogP contribution in [0.2, 0.25) is 10.0 Å². The van der Waals surface area contributed by atoms with Crippen LogP contribution in [0, 0.1) is 0 Å². The van der Waals surface area contributed by atoms with E-state index < -0.39 is 0 Å². The van der Waals surface area contributed by atoms with Gasteiger partial charge in [0, 0.05) is 18.8 Å². The van der Waals surface area contributed by atoms with Gasteiger partial charge in [0.15, 0.2) is 0 Å². The van der Waals surface area contributed by atoms with Crippen molar-refractivity contribution in [3.8, 4) is 0 Å². The first-order chi connectivity index (χ1) is 8.16. The van der Waals surface area contributed by atoms with Crippen LogP contribution in [-0.4, -0.2) is 29.5 Å². The third kappa shape index (κ3) is 3.68. The number of hydrogen-bond acceptors (Lipinski definition) is 3. The molecule has 5 heteroatoms. The van der Waals surface area contributed by atoms with Crippen LogP contribution in [0.5, 0.6) is 0 Å². The molecule has 1 aromatic rings. The van der Waals surface area contributed by atoms with E-state index >= 15 is 0 Å². The van der Waals surface area contributed by atoms with Crippen LogP contribution in [0.4, 0.5) is 5.69 Å². The van der Waals surface area contributed by atoms with Gasteiger partial charge >= 0.3 is 0 Å². The molecule has 1 saturated heterocycles. The zero-order valence-electron chi connectivity index (χ0n) is 9.59. The molecule has 0 aromatic heterocycles. The van der Waals surface area contributed by atoms with Gasteiger partial charge in [-0.05, 0) is 36.4 Å². The number of nitrogens with zero attached hydrogens (tertiary/aromatic N) is 1. The molecule has 0 bridgehead atoms. The van der Waals surface area contributed by atoms with Crippen molar-refractivity contribution in [2.75, 3.05) is 30.3 Å². The average Bonchev–Trinajstić information content (AvgIpc) is 2.54. The fraction of sp³-hybridized carbons (Fsp3) is 0.500. The molecule has 1 aromatic carbocycles. The van der Waals surface area contributed by atoms with Crippen molar-refractivity contribution < 1.29 is 0 Å². The molecule has 2 N–H and O–H groups in total. The summed E-state index contributed by atoms with van der Waals surface area (Å²) in [6.07, 6.45) is 1.25. The first kappa shape index (κ1) is 13.3. The third-order valence-corrected chi connectivity index (χ3v) is 4.53. The van der Waals surface area contributed by atoms with Crippen molar-refractivity contribution in [3.63, 3.8) is 0 Å². The van der Waals surface area contributed by atoms with Gasteiger partial charge in [-0.3, -0.25) is 4.90 Å². The highest BCUT2D eigenvalue weighted by Crippen LogP contribution is 2.29. The first-order valence-electron chi connectivity index (χ1n) is 5.70. The maximum absolute atomic E-state index is 6.04. The Balaban J connectivity index is 2.07. The molecule has 0 radical (unpaired) electrons. The quantitative estimate of drug-likeness (QED) is 0.845. The van der Waals surface area contributed by atoms with Crippen molar-refractivity contribution in [1.82, 2.24) is 4.90 Å². The molecule has 1 heterocycles. The summed E-state index contributed by atoms with van der Waals surface area (Å²) in [5.74, 6) is 2.47. The normalized spacial score (nSPS) is 18.0. The van der Waals surface area contributed by atoms with Gasteiger partial charge in [0.25, 0.3) is 0 Å². The van der Waals surface area contributed by atoms with Crippen molar-refractivity contribution in [3.05, 3.63) is 27.7 Å². The van der Waals surface area contributed by atoms with Gasteiger partial charge in [-0.25, -0.2) is 0 Å². The van der Waals surface area contributed by atoms with Crippen molar-refractivity contribution in [1.29, 1.82) is 0 Å². The van der Waals surface area contributed by atoms with Crippen molar-refractivity contribution in [2.24, 2.45) is 0 Å². The highest BCUT2D eigenvalue weighted by atomic mass is 35.5. The van der Waals surface area contributed by atoms with Gasteiger partial charge in [0.1, 0.15) is 0 Å². The van der Waals surface area contributed by atoms with Gasteiger partial charge in [-0.2, -0.15) is 11.8 Å². The number of thioether (sulfide) groups is 1. The molecule has 0 amide bonds. The second-order valence-corrected chi connectivity index (χ2v) is 6.25. The fourth-order valence-electron chi connectivity index (χ4n) is 1.94. The molecule has 0 atom stereocenters. The zero-order chi connectivity index (χ0) is 12.3. The number of hydrogen-bond donors (Lipinski definition) is 1. The lowest BCUT2D eigenvalue weighted by Crippen LogP contribution is -2.25. The maximum atomic E-state index is 6.04. The molecule has 94 valence electrons. The molecule has 0 aliphatic carbocycles. The summed E-state index contributed by atoms with van der Waals surface area (Å²) in [6, 6.07) is 3.83. The van der Waals surface area contributed by atoms with E-state index in [4.69, 9.17) is 28.9 Å². The van der Waals surface area contributed by atoms with Crippen LogP contribution in [0.3, 0.4) is 0 Å². The summed E-state index contributed by atoms with van der Waals surface area (Å²) in [5.41, 5.74) is 7.34. The smallest absolute Gasteiger partial charge is 0.0693 e. The molecule has 1 fully saturated rings. The van der Waals surface area contributed by atoms with Crippen LogP contribution >= 0.6 is 35.0 Å². The first-order valence-corrected chi connectivity index (χ1v) is 7.61. The average molecular weight is 291 g/mol. The van der Waals surface area contributed by atoms with Crippen molar-refractivity contribution >= 4 is 40.7 Å². The predicted octanol–water partition coefficient (Wildman–Crippen LogP) is 3.51. The van der Waals surface area contributed by atoms with E-state index in [9.17, 15) is 0 Å². The van der Waals surface area contributed by atoms with Crippen LogP contribution in [0.15, 0.2) is 12.1 Å². The Morgan fingerprint density at radius 2 is 1.88 bits per heavy atom. The van der Waals surface area contributed by atoms with Gasteiger partial charge in [0.2, 0.25) is 0 Å². The van der Waals surface area contributed by atoms with Gasteiger partial charge < -0.3 is 5.73 Å². The topological polar surface area (TPSA) is 29.3 Å². The molecule has 0 saturated carbocycles. The minimum absolute atomic E-state index is 0.475. The lowest BCUT2D eigenvalue weighted by molar-refractivity contribution is 0.287. The molecule has 2 nitrogen and oxygen atoms in total. The molecule has 0 spiro atoms. The number of benzene rings is 1. The molecule has 2 rings (SSSR count). The summed E-state index contributed by atoms with van der Waals surface area (Å²) in [4.78, 5) is 2.44. The van der Waals surface area contributed by atoms with E-state index in [1.54, 1.807) is 0 Å². The van der Waals surface area contributed by atoms with Crippen molar-refractivity contribution in [2.45, 2.75) is 13.0 Å². The highest BCUT2D eigenvalue weighted by Gasteiger charge is 2.11. The summed E-state index contributed by atoms with van der Waals surface area (Å²) >= 11 is 14.1. The van der Waals surface area contributed by atoms with Crippen LogP contribution in [0.25, 0.3) is 0 Å². The Morgan fingerprint density at radius 3 is 2.59 bits per heavy atom. The Morgan fingerprint density at radius 1 is 1.18 bits per heavy atom. The van der Waals surface area contributed by atoms with Crippen LogP contribution < -0.4 is 5.73 Å². The van der Waals surface area contributed by atoms with E-state index in [2.05, 4.69) is 4.90 Å². The van der Waals surface area contributed by atoms with E-state index in [0.717, 1.165) is 25.2 Å². The molecular weight excluding hydrogens is 275 g/mol. The minimum Gasteiger partial charge on any atom is -0.396 e. The summed E-state index contributed by atoms with van der Waals surface area (Å²) in [6.45, 7) is 3.18. The molecular formula is C12H16Cl2N2S. The predicted molar refractivity (Wildman–Crippen MR) is 78.1 cm³/mol. The molecule has 17 heavy (non-hydrogen) atoms. The van der Waals surface area contributed by atoms with E-state index in [0.29, 0.717) is 15.7 Å². The molecule has 1 aliphatic rings. The summed E-state index contributed by atoms with van der Waals surface area (Å²) in [5, 5.41) is 1.10. The minimum atomic E-state index is 0.475. The summed E-state index contributed by atoms with van der Waals surface area (Å²) in [7, 11) is 0. The van der Waals surface area contributed by atoms with Gasteiger partial charge in [0.05, 0.1) is 15.7 Å². The lowest BCUT2D eigenvalue weighted by Gasteiger charge is -2.20. The van der Waals surface area contributed by atoms with E-state index in [1.807, 2.05) is 23.9 Å². The third-order valence-electron chi connectivity index (χ3n) is 2.86. The Kier molecular flexibility index (Phi) is 4.86. The van der Waals surface area contributed by atoms with Crippen LogP contribution in [0.1, 0.15) is 12.0 Å². The van der Waals surface area contributed by atoms with Gasteiger partial charge in [-0.15, -0.1) is 0 Å². The maximum Gasteiger partial charge on any atom is 0.0693 e. The number of nitrogens with two attached hydrogens (primary N) is 1.